The number of fused-ring (bicyclic) bond motifs is 2. The zero-order chi connectivity index (χ0) is 19.9. The van der Waals surface area contributed by atoms with Gasteiger partial charge in [0.1, 0.15) is 12.1 Å². The molecular formula is C21H19N3O4. The highest BCUT2D eigenvalue weighted by Gasteiger charge is 2.55. The van der Waals surface area contributed by atoms with Crippen LogP contribution in [0.15, 0.2) is 48.5 Å². The van der Waals surface area contributed by atoms with Gasteiger partial charge >= 0.3 is 6.03 Å². The second-order valence-corrected chi connectivity index (χ2v) is 7.03. The summed E-state index contributed by atoms with van der Waals surface area (Å²) in [6.07, 6.45) is 1.16. The van der Waals surface area contributed by atoms with Gasteiger partial charge in [-0.05, 0) is 43.0 Å². The summed E-state index contributed by atoms with van der Waals surface area (Å²) in [6, 6.07) is 13.5. The van der Waals surface area contributed by atoms with Crippen molar-refractivity contribution in [2.24, 2.45) is 0 Å². The fraction of sp³-hybridized carbons (Fsp3) is 0.238. The van der Waals surface area contributed by atoms with Gasteiger partial charge in [0, 0.05) is 5.56 Å². The Morgan fingerprint density at radius 3 is 2.61 bits per heavy atom. The Labute approximate surface area is 161 Å². The molecule has 0 bridgehead atoms. The first-order chi connectivity index (χ1) is 13.4. The van der Waals surface area contributed by atoms with Gasteiger partial charge in [0.25, 0.3) is 5.91 Å². The van der Waals surface area contributed by atoms with E-state index >= 15 is 0 Å². The lowest BCUT2D eigenvalue weighted by atomic mass is 9.92. The molecule has 1 atom stereocenters. The van der Waals surface area contributed by atoms with Crippen LogP contribution in [-0.4, -0.2) is 35.1 Å². The summed E-state index contributed by atoms with van der Waals surface area (Å²) in [6.45, 7) is 0.991. The van der Waals surface area contributed by atoms with Crippen LogP contribution in [-0.2, 0) is 21.5 Å². The van der Waals surface area contributed by atoms with Crippen LogP contribution in [0.4, 0.5) is 10.5 Å². The molecule has 1 aliphatic heterocycles. The number of Topliss-reactive ketones (excluding diaryl/α,β-unsaturated/α-hetero) is 1. The molecule has 2 aromatic rings. The van der Waals surface area contributed by atoms with Gasteiger partial charge in [0.2, 0.25) is 5.91 Å². The van der Waals surface area contributed by atoms with E-state index in [9.17, 15) is 19.2 Å². The van der Waals surface area contributed by atoms with Gasteiger partial charge in [-0.15, -0.1) is 0 Å². The minimum Gasteiger partial charge on any atom is -0.324 e. The molecule has 1 aliphatic carbocycles. The number of carbonyl (C=O) groups excluding carboxylic acids is 4. The van der Waals surface area contributed by atoms with Crippen LogP contribution in [0.25, 0.3) is 0 Å². The first-order valence-corrected chi connectivity index (χ1v) is 9.05. The molecule has 142 valence electrons. The Kier molecular flexibility index (Phi) is 4.22. The Hall–Kier alpha value is -3.48. The molecule has 2 aromatic carbocycles. The molecule has 4 amide bonds. The minimum atomic E-state index is -1.09. The summed E-state index contributed by atoms with van der Waals surface area (Å²) in [5.74, 6) is -1.15. The van der Waals surface area contributed by atoms with E-state index in [1.54, 1.807) is 24.3 Å². The van der Waals surface area contributed by atoms with E-state index in [0.717, 1.165) is 16.0 Å². The second kappa shape index (κ2) is 6.60. The third kappa shape index (κ3) is 2.76. The molecule has 7 nitrogen and oxygen atoms in total. The van der Waals surface area contributed by atoms with Crippen molar-refractivity contribution in [2.75, 3.05) is 11.9 Å². The average Bonchev–Trinajstić information content (AvgIpc) is 3.16. The topological polar surface area (TPSA) is 95.6 Å². The third-order valence-electron chi connectivity index (χ3n) is 5.30. The number of amides is 4. The van der Waals surface area contributed by atoms with Gasteiger partial charge in [-0.1, -0.05) is 36.4 Å². The summed E-state index contributed by atoms with van der Waals surface area (Å²) in [5.41, 5.74) is 1.45. The minimum absolute atomic E-state index is 0.188. The van der Waals surface area contributed by atoms with Crippen molar-refractivity contribution in [1.82, 2.24) is 10.2 Å². The number of benzene rings is 2. The number of urea groups is 1. The standard InChI is InChI=1S/C21H19N3O4/c1-13(25)15-7-3-5-9-17(15)22-18(26)12-24-19(27)21(23-20(24)28)11-10-14-6-2-4-8-16(14)21/h2-9H,10-12H2,1H3,(H,22,26)(H,23,28). The van der Waals surface area contributed by atoms with E-state index in [-0.39, 0.29) is 5.78 Å². The predicted octanol–water partition coefficient (Wildman–Crippen LogP) is 2.22. The molecule has 0 saturated carbocycles. The van der Waals surface area contributed by atoms with Crippen molar-refractivity contribution in [2.45, 2.75) is 25.3 Å². The van der Waals surface area contributed by atoms with Crippen LogP contribution in [0.5, 0.6) is 0 Å². The number of nitrogens with zero attached hydrogens (tertiary/aromatic N) is 1. The molecular weight excluding hydrogens is 358 g/mol. The molecule has 2 N–H and O–H groups in total. The first-order valence-electron chi connectivity index (χ1n) is 9.05. The summed E-state index contributed by atoms with van der Waals surface area (Å²) in [7, 11) is 0. The molecule has 28 heavy (non-hydrogen) atoms. The molecule has 1 unspecified atom stereocenters. The molecule has 2 aliphatic rings. The van der Waals surface area contributed by atoms with Crippen LogP contribution in [0.3, 0.4) is 0 Å². The average molecular weight is 377 g/mol. The summed E-state index contributed by atoms with van der Waals surface area (Å²) in [5, 5.41) is 5.41. The van der Waals surface area contributed by atoms with Crippen molar-refractivity contribution < 1.29 is 19.2 Å². The molecule has 1 saturated heterocycles. The highest BCUT2D eigenvalue weighted by Crippen LogP contribution is 2.41. The zero-order valence-corrected chi connectivity index (χ0v) is 15.3. The molecule has 1 spiro atoms. The van der Waals surface area contributed by atoms with E-state index in [2.05, 4.69) is 10.6 Å². The first kappa shape index (κ1) is 17.9. The zero-order valence-electron chi connectivity index (χ0n) is 15.3. The number of para-hydroxylation sites is 1. The molecule has 0 radical (unpaired) electrons. The second-order valence-electron chi connectivity index (χ2n) is 7.03. The molecule has 1 fully saturated rings. The number of nitrogens with one attached hydrogen (secondary N) is 2. The Bertz CT molecular complexity index is 1020. The Morgan fingerprint density at radius 1 is 1.11 bits per heavy atom. The van der Waals surface area contributed by atoms with E-state index in [1.165, 1.54) is 6.92 Å². The Morgan fingerprint density at radius 2 is 1.82 bits per heavy atom. The van der Waals surface area contributed by atoms with Crippen LogP contribution in [0.2, 0.25) is 0 Å². The van der Waals surface area contributed by atoms with E-state index in [0.29, 0.717) is 24.1 Å². The molecule has 1 heterocycles. The largest absolute Gasteiger partial charge is 0.325 e. The number of anilines is 1. The van der Waals surface area contributed by atoms with Crippen LogP contribution in [0, 0.1) is 0 Å². The van der Waals surface area contributed by atoms with E-state index in [4.69, 9.17) is 0 Å². The van der Waals surface area contributed by atoms with Gasteiger partial charge in [-0.2, -0.15) is 0 Å². The van der Waals surface area contributed by atoms with Crippen molar-refractivity contribution in [3.8, 4) is 0 Å². The number of imide groups is 1. The maximum Gasteiger partial charge on any atom is 0.325 e. The number of carbonyl (C=O) groups is 4. The Balaban J connectivity index is 1.54. The van der Waals surface area contributed by atoms with E-state index in [1.807, 2.05) is 24.3 Å². The summed E-state index contributed by atoms with van der Waals surface area (Å²) >= 11 is 0. The van der Waals surface area contributed by atoms with Gasteiger partial charge in [-0.3, -0.25) is 19.3 Å². The maximum absolute atomic E-state index is 13.1. The smallest absolute Gasteiger partial charge is 0.324 e. The lowest BCUT2D eigenvalue weighted by Gasteiger charge is -2.22. The third-order valence-corrected chi connectivity index (χ3v) is 5.30. The maximum atomic E-state index is 13.1. The van der Waals surface area contributed by atoms with Gasteiger partial charge in [-0.25, -0.2) is 4.79 Å². The fourth-order valence-electron chi connectivity index (χ4n) is 3.97. The van der Waals surface area contributed by atoms with Crippen LogP contribution < -0.4 is 10.6 Å². The number of hydrogen-bond acceptors (Lipinski definition) is 4. The number of ketones is 1. The quantitative estimate of drug-likeness (QED) is 0.631. The van der Waals surface area contributed by atoms with E-state index < -0.39 is 29.9 Å². The van der Waals surface area contributed by atoms with Gasteiger partial charge in [0.05, 0.1) is 5.69 Å². The number of rotatable bonds is 4. The summed E-state index contributed by atoms with van der Waals surface area (Å²) in [4.78, 5) is 50.7. The highest BCUT2D eigenvalue weighted by atomic mass is 16.2. The molecule has 7 heteroatoms. The van der Waals surface area contributed by atoms with Crippen molar-refractivity contribution in [1.29, 1.82) is 0 Å². The monoisotopic (exact) mass is 377 g/mol. The SMILES string of the molecule is CC(=O)c1ccccc1NC(=O)CN1C(=O)NC2(CCc3ccccc32)C1=O. The lowest BCUT2D eigenvalue weighted by Crippen LogP contribution is -2.43. The van der Waals surface area contributed by atoms with Crippen LogP contribution >= 0.6 is 0 Å². The van der Waals surface area contributed by atoms with Crippen molar-refractivity contribution in [3.63, 3.8) is 0 Å². The molecule has 4 rings (SSSR count). The highest BCUT2D eigenvalue weighted by molar-refractivity contribution is 6.11. The number of hydrogen-bond donors (Lipinski definition) is 2. The number of aryl methyl sites for hydroxylation is 1. The van der Waals surface area contributed by atoms with Crippen LogP contribution in [0.1, 0.15) is 34.8 Å². The predicted molar refractivity (Wildman–Crippen MR) is 102 cm³/mol. The molecule has 0 aromatic heterocycles. The fourth-order valence-corrected chi connectivity index (χ4v) is 3.97. The van der Waals surface area contributed by atoms with Crippen molar-refractivity contribution >= 4 is 29.3 Å². The lowest BCUT2D eigenvalue weighted by molar-refractivity contribution is -0.134. The van der Waals surface area contributed by atoms with Gasteiger partial charge in [0.15, 0.2) is 5.78 Å². The van der Waals surface area contributed by atoms with Crippen molar-refractivity contribution in [3.05, 3.63) is 65.2 Å². The van der Waals surface area contributed by atoms with Gasteiger partial charge < -0.3 is 10.6 Å². The normalized spacial score (nSPS) is 20.2. The summed E-state index contributed by atoms with van der Waals surface area (Å²) < 4.78 is 0.